The van der Waals surface area contributed by atoms with Crippen LogP contribution in [0.5, 0.6) is 0 Å². The standard InChI is InChI=1S/C9H15F2N3/c1-9(10,11)3-5-14-7-13-6-8(14)2-4-12/h6-7H,2-5,12H2,1H3. The number of aryl methyl sites for hydroxylation is 1. The lowest BCUT2D eigenvalue weighted by Crippen LogP contribution is -2.15. The molecule has 1 aromatic heterocycles. The molecule has 0 aliphatic carbocycles. The van der Waals surface area contributed by atoms with Crippen molar-refractivity contribution in [1.29, 1.82) is 0 Å². The van der Waals surface area contributed by atoms with Gasteiger partial charge in [0.25, 0.3) is 0 Å². The van der Waals surface area contributed by atoms with Crippen molar-refractivity contribution in [2.75, 3.05) is 6.54 Å². The molecule has 2 N–H and O–H groups in total. The smallest absolute Gasteiger partial charge is 0.247 e. The van der Waals surface area contributed by atoms with Gasteiger partial charge in [0.05, 0.1) is 6.33 Å². The monoisotopic (exact) mass is 203 g/mol. The predicted octanol–water partition coefficient (Wildman–Crippen LogP) is 1.43. The molecular formula is C9H15F2N3. The first-order valence-corrected chi connectivity index (χ1v) is 4.60. The summed E-state index contributed by atoms with van der Waals surface area (Å²) < 4.78 is 26.9. The lowest BCUT2D eigenvalue weighted by atomic mass is 10.2. The summed E-state index contributed by atoms with van der Waals surface area (Å²) in [4.78, 5) is 3.90. The van der Waals surface area contributed by atoms with Gasteiger partial charge in [0.2, 0.25) is 5.92 Å². The molecule has 0 spiro atoms. The SMILES string of the molecule is CC(F)(F)CCn1cncc1CCN. The second-order valence-corrected chi connectivity index (χ2v) is 3.44. The Morgan fingerprint density at radius 1 is 1.57 bits per heavy atom. The molecule has 1 rings (SSSR count). The Morgan fingerprint density at radius 2 is 2.29 bits per heavy atom. The number of hydrogen-bond acceptors (Lipinski definition) is 2. The van der Waals surface area contributed by atoms with Crippen LogP contribution in [0.25, 0.3) is 0 Å². The molecule has 0 fully saturated rings. The Balaban J connectivity index is 2.53. The van der Waals surface area contributed by atoms with Gasteiger partial charge in [-0.15, -0.1) is 0 Å². The van der Waals surface area contributed by atoms with Gasteiger partial charge in [0.1, 0.15) is 0 Å². The molecule has 0 unspecified atom stereocenters. The lowest BCUT2D eigenvalue weighted by molar-refractivity contribution is 0.00853. The third kappa shape index (κ3) is 3.41. The molecule has 0 aliphatic heterocycles. The molecule has 3 nitrogen and oxygen atoms in total. The normalized spacial score (nSPS) is 12.0. The summed E-state index contributed by atoms with van der Waals surface area (Å²) in [5.41, 5.74) is 6.29. The zero-order valence-electron chi connectivity index (χ0n) is 8.21. The van der Waals surface area contributed by atoms with Crippen LogP contribution >= 0.6 is 0 Å². The zero-order valence-corrected chi connectivity index (χ0v) is 8.21. The summed E-state index contributed by atoms with van der Waals surface area (Å²) in [6, 6.07) is 0. The highest BCUT2D eigenvalue weighted by atomic mass is 19.3. The summed E-state index contributed by atoms with van der Waals surface area (Å²) in [7, 11) is 0. The molecule has 0 saturated heterocycles. The largest absolute Gasteiger partial charge is 0.334 e. The van der Waals surface area contributed by atoms with Crippen LogP contribution in [-0.4, -0.2) is 22.0 Å². The maximum Gasteiger partial charge on any atom is 0.247 e. The van der Waals surface area contributed by atoms with Gasteiger partial charge in [-0.05, 0) is 13.5 Å². The van der Waals surface area contributed by atoms with E-state index >= 15 is 0 Å². The molecule has 1 heterocycles. The highest BCUT2D eigenvalue weighted by Gasteiger charge is 2.20. The van der Waals surface area contributed by atoms with Crippen LogP contribution in [0, 0.1) is 0 Å². The summed E-state index contributed by atoms with van der Waals surface area (Å²) >= 11 is 0. The van der Waals surface area contributed by atoms with Crippen LogP contribution in [-0.2, 0) is 13.0 Å². The molecular weight excluding hydrogens is 188 g/mol. The van der Waals surface area contributed by atoms with Crippen LogP contribution in [0.1, 0.15) is 19.0 Å². The highest BCUT2D eigenvalue weighted by Crippen LogP contribution is 2.18. The third-order valence-corrected chi connectivity index (χ3v) is 1.99. The molecule has 1 aromatic rings. The first-order chi connectivity index (χ1) is 6.53. The van der Waals surface area contributed by atoms with Crippen molar-refractivity contribution in [1.82, 2.24) is 9.55 Å². The van der Waals surface area contributed by atoms with Gasteiger partial charge in [-0.3, -0.25) is 0 Å². The number of halogens is 2. The minimum absolute atomic E-state index is 0.166. The summed E-state index contributed by atoms with van der Waals surface area (Å²) in [6.45, 7) is 1.72. The van der Waals surface area contributed by atoms with E-state index in [1.165, 1.54) is 0 Å². The van der Waals surface area contributed by atoms with E-state index in [9.17, 15) is 8.78 Å². The van der Waals surface area contributed by atoms with E-state index in [1.54, 1.807) is 17.1 Å². The van der Waals surface area contributed by atoms with E-state index in [4.69, 9.17) is 5.73 Å². The third-order valence-electron chi connectivity index (χ3n) is 1.99. The van der Waals surface area contributed by atoms with Gasteiger partial charge in [-0.2, -0.15) is 0 Å². The van der Waals surface area contributed by atoms with Gasteiger partial charge in [-0.25, -0.2) is 13.8 Å². The fourth-order valence-electron chi connectivity index (χ4n) is 1.22. The first kappa shape index (κ1) is 11.1. The van der Waals surface area contributed by atoms with Crippen LogP contribution < -0.4 is 5.73 Å². The second-order valence-electron chi connectivity index (χ2n) is 3.44. The summed E-state index contributed by atoms with van der Waals surface area (Å²) in [5, 5.41) is 0. The molecule has 14 heavy (non-hydrogen) atoms. The van der Waals surface area contributed by atoms with Gasteiger partial charge >= 0.3 is 0 Å². The molecule has 0 aliphatic rings. The number of aromatic nitrogens is 2. The maximum atomic E-state index is 12.6. The maximum absolute atomic E-state index is 12.6. The van der Waals surface area contributed by atoms with Crippen molar-refractivity contribution in [3.05, 3.63) is 18.2 Å². The topological polar surface area (TPSA) is 43.8 Å². The Hall–Kier alpha value is -0.970. The quantitative estimate of drug-likeness (QED) is 0.786. The molecule has 0 bridgehead atoms. The molecule has 0 radical (unpaired) electrons. The first-order valence-electron chi connectivity index (χ1n) is 4.60. The summed E-state index contributed by atoms with van der Waals surface area (Å²) in [6.07, 6.45) is 3.74. The Bertz CT molecular complexity index is 278. The van der Waals surface area contributed by atoms with Gasteiger partial charge in [-0.1, -0.05) is 0 Å². The van der Waals surface area contributed by atoms with Crippen molar-refractivity contribution in [3.8, 4) is 0 Å². The molecule has 0 amide bonds. The number of rotatable bonds is 5. The Labute approximate surface area is 81.9 Å². The van der Waals surface area contributed by atoms with Gasteiger partial charge in [0.15, 0.2) is 0 Å². The number of nitrogens with zero attached hydrogens (tertiary/aromatic N) is 2. The molecule has 80 valence electrons. The number of imidazole rings is 1. The number of alkyl halides is 2. The van der Waals surface area contributed by atoms with Gasteiger partial charge in [0, 0.05) is 31.3 Å². The minimum atomic E-state index is -2.62. The predicted molar refractivity (Wildman–Crippen MR) is 50.2 cm³/mol. The van der Waals surface area contributed by atoms with E-state index in [-0.39, 0.29) is 6.42 Å². The average molecular weight is 203 g/mol. The molecule has 0 saturated carbocycles. The lowest BCUT2D eigenvalue weighted by Gasteiger charge is -2.12. The Morgan fingerprint density at radius 3 is 2.86 bits per heavy atom. The van der Waals surface area contributed by atoms with Crippen molar-refractivity contribution in [3.63, 3.8) is 0 Å². The number of hydrogen-bond donors (Lipinski definition) is 1. The highest BCUT2D eigenvalue weighted by molar-refractivity contribution is 4.98. The minimum Gasteiger partial charge on any atom is -0.334 e. The van der Waals surface area contributed by atoms with E-state index < -0.39 is 5.92 Å². The Kier molecular flexibility index (Phi) is 3.57. The average Bonchev–Trinajstić information content (AvgIpc) is 2.48. The molecule has 5 heteroatoms. The van der Waals surface area contributed by atoms with E-state index in [0.29, 0.717) is 19.5 Å². The van der Waals surface area contributed by atoms with E-state index in [1.807, 2.05) is 0 Å². The van der Waals surface area contributed by atoms with Crippen molar-refractivity contribution >= 4 is 0 Å². The van der Waals surface area contributed by atoms with Crippen molar-refractivity contribution in [2.24, 2.45) is 5.73 Å². The zero-order chi connectivity index (χ0) is 10.6. The van der Waals surface area contributed by atoms with Crippen LogP contribution in [0.2, 0.25) is 0 Å². The molecule has 0 atom stereocenters. The molecule has 0 aromatic carbocycles. The second kappa shape index (κ2) is 4.50. The number of nitrogens with two attached hydrogens (primary N) is 1. The van der Waals surface area contributed by atoms with Crippen LogP contribution in [0.15, 0.2) is 12.5 Å². The fourth-order valence-corrected chi connectivity index (χ4v) is 1.22. The van der Waals surface area contributed by atoms with Crippen LogP contribution in [0.3, 0.4) is 0 Å². The van der Waals surface area contributed by atoms with Crippen molar-refractivity contribution < 1.29 is 8.78 Å². The summed E-state index contributed by atoms with van der Waals surface area (Å²) in [5.74, 6) is -2.62. The van der Waals surface area contributed by atoms with E-state index in [2.05, 4.69) is 4.98 Å². The van der Waals surface area contributed by atoms with Gasteiger partial charge < -0.3 is 10.3 Å². The van der Waals surface area contributed by atoms with E-state index in [0.717, 1.165) is 12.6 Å². The van der Waals surface area contributed by atoms with Crippen molar-refractivity contribution in [2.45, 2.75) is 32.2 Å². The van der Waals surface area contributed by atoms with Crippen LogP contribution in [0.4, 0.5) is 8.78 Å². The fraction of sp³-hybridized carbons (Fsp3) is 0.667.